The van der Waals surface area contributed by atoms with Crippen molar-refractivity contribution in [3.05, 3.63) is 23.7 Å². The van der Waals surface area contributed by atoms with E-state index in [1.165, 1.54) is 19.3 Å². The first kappa shape index (κ1) is 14.0. The number of imidazole rings is 1. The minimum atomic E-state index is -0.779. The molecule has 0 spiro atoms. The van der Waals surface area contributed by atoms with Crippen molar-refractivity contribution >= 4 is 17.1 Å². The molecule has 1 saturated carbocycles. The van der Waals surface area contributed by atoms with Crippen LogP contribution in [0.1, 0.15) is 55.8 Å². The number of hydrogen-bond donors (Lipinski definition) is 1. The van der Waals surface area contributed by atoms with E-state index in [4.69, 9.17) is 10.1 Å². The fourth-order valence-corrected chi connectivity index (χ4v) is 3.23. The summed E-state index contributed by atoms with van der Waals surface area (Å²) in [7, 11) is 0. The third-order valence-corrected chi connectivity index (χ3v) is 4.27. The largest absolute Gasteiger partial charge is 0.481 e. The normalized spacial score (nSPS) is 16.4. The van der Waals surface area contributed by atoms with Gasteiger partial charge in [-0.2, -0.15) is 0 Å². The van der Waals surface area contributed by atoms with Gasteiger partial charge in [-0.15, -0.1) is 0 Å². The molecule has 0 aliphatic heterocycles. The van der Waals surface area contributed by atoms with Gasteiger partial charge in [0.2, 0.25) is 0 Å². The molecular formula is C16H21N3O2. The van der Waals surface area contributed by atoms with Gasteiger partial charge in [0.15, 0.2) is 5.65 Å². The van der Waals surface area contributed by atoms with Crippen LogP contribution in [0.15, 0.2) is 12.3 Å². The molecule has 1 aliphatic carbocycles. The van der Waals surface area contributed by atoms with E-state index in [1.54, 1.807) is 0 Å². The van der Waals surface area contributed by atoms with Crippen LogP contribution in [0.5, 0.6) is 0 Å². The van der Waals surface area contributed by atoms with Gasteiger partial charge < -0.3 is 9.67 Å². The first-order valence-corrected chi connectivity index (χ1v) is 7.69. The van der Waals surface area contributed by atoms with Crippen LogP contribution in [-0.4, -0.2) is 25.6 Å². The summed E-state index contributed by atoms with van der Waals surface area (Å²) < 4.78 is 2.03. The molecule has 21 heavy (non-hydrogen) atoms. The summed E-state index contributed by atoms with van der Waals surface area (Å²) in [6.07, 6.45) is 8.00. The molecule has 0 atom stereocenters. The Morgan fingerprint density at radius 1 is 1.38 bits per heavy atom. The average Bonchev–Trinajstić information content (AvgIpc) is 2.83. The van der Waals surface area contributed by atoms with Crippen molar-refractivity contribution in [3.63, 3.8) is 0 Å². The summed E-state index contributed by atoms with van der Waals surface area (Å²) in [4.78, 5) is 20.2. The molecule has 112 valence electrons. The van der Waals surface area contributed by atoms with E-state index < -0.39 is 5.97 Å². The lowest BCUT2D eigenvalue weighted by Gasteiger charge is -2.21. The van der Waals surface area contributed by atoms with Gasteiger partial charge in [0, 0.05) is 18.7 Å². The molecule has 2 aromatic heterocycles. The lowest BCUT2D eigenvalue weighted by atomic mass is 9.88. The van der Waals surface area contributed by atoms with E-state index in [1.807, 2.05) is 23.8 Å². The van der Waals surface area contributed by atoms with Crippen LogP contribution < -0.4 is 0 Å². The van der Waals surface area contributed by atoms with E-state index in [9.17, 15) is 4.79 Å². The van der Waals surface area contributed by atoms with Crippen molar-refractivity contribution in [2.75, 3.05) is 0 Å². The first-order valence-electron chi connectivity index (χ1n) is 7.69. The topological polar surface area (TPSA) is 68.0 Å². The average molecular weight is 287 g/mol. The maximum absolute atomic E-state index is 10.9. The summed E-state index contributed by atoms with van der Waals surface area (Å²) >= 11 is 0. The van der Waals surface area contributed by atoms with Crippen molar-refractivity contribution in [2.24, 2.45) is 0 Å². The molecule has 0 unspecified atom stereocenters. The molecule has 0 radical (unpaired) electrons. The van der Waals surface area contributed by atoms with E-state index in [2.05, 4.69) is 4.98 Å². The molecule has 3 rings (SSSR count). The van der Waals surface area contributed by atoms with Gasteiger partial charge in [-0.25, -0.2) is 9.97 Å². The molecule has 0 saturated heterocycles. The zero-order valence-corrected chi connectivity index (χ0v) is 12.4. The number of carboxylic acid groups (broad SMARTS) is 1. The van der Waals surface area contributed by atoms with Crippen LogP contribution in [0.3, 0.4) is 0 Å². The molecule has 1 N–H and O–H groups in total. The number of aryl methyl sites for hydroxylation is 2. The molecule has 0 bridgehead atoms. The van der Waals surface area contributed by atoms with Gasteiger partial charge in [-0.1, -0.05) is 19.3 Å². The molecule has 2 aromatic rings. The molecule has 5 heteroatoms. The summed E-state index contributed by atoms with van der Waals surface area (Å²) in [5, 5.41) is 8.98. The Labute approximate surface area is 124 Å². The van der Waals surface area contributed by atoms with Crippen molar-refractivity contribution in [3.8, 4) is 0 Å². The zero-order chi connectivity index (χ0) is 14.8. The van der Waals surface area contributed by atoms with Crippen LogP contribution in [0.2, 0.25) is 0 Å². The maximum Gasteiger partial charge on any atom is 0.305 e. The first-order chi connectivity index (χ1) is 10.1. The lowest BCUT2D eigenvalue weighted by molar-refractivity contribution is -0.137. The Morgan fingerprint density at radius 2 is 2.14 bits per heavy atom. The number of aromatic nitrogens is 3. The Bertz CT molecular complexity index is 657. The molecule has 0 aromatic carbocycles. The van der Waals surface area contributed by atoms with Gasteiger partial charge in [-0.05, 0) is 31.4 Å². The molecular weight excluding hydrogens is 266 g/mol. The van der Waals surface area contributed by atoms with E-state index in [-0.39, 0.29) is 6.42 Å². The Morgan fingerprint density at radius 3 is 2.86 bits per heavy atom. The van der Waals surface area contributed by atoms with Crippen molar-refractivity contribution < 1.29 is 9.90 Å². The molecule has 0 amide bonds. The highest BCUT2D eigenvalue weighted by Gasteiger charge is 2.23. The number of nitrogens with zero attached hydrogens (tertiary/aromatic N) is 3. The Kier molecular flexibility index (Phi) is 3.90. The maximum atomic E-state index is 10.9. The van der Waals surface area contributed by atoms with Gasteiger partial charge in [0.05, 0.1) is 6.42 Å². The van der Waals surface area contributed by atoms with Gasteiger partial charge in [0.25, 0.3) is 0 Å². The smallest absolute Gasteiger partial charge is 0.305 e. The molecule has 2 heterocycles. The third-order valence-electron chi connectivity index (χ3n) is 4.27. The number of carboxylic acids is 1. The summed E-state index contributed by atoms with van der Waals surface area (Å²) in [5.74, 6) is 0.699. The highest BCUT2D eigenvalue weighted by molar-refractivity contribution is 5.73. The minimum Gasteiger partial charge on any atom is -0.481 e. The van der Waals surface area contributed by atoms with Gasteiger partial charge in [0.1, 0.15) is 11.3 Å². The minimum absolute atomic E-state index is 0.112. The number of rotatable bonds is 4. The third kappa shape index (κ3) is 2.91. The molecule has 5 nitrogen and oxygen atoms in total. The zero-order valence-electron chi connectivity index (χ0n) is 12.4. The predicted octanol–water partition coefficient (Wildman–Crippen LogP) is 3.26. The second-order valence-electron chi connectivity index (χ2n) is 5.96. The van der Waals surface area contributed by atoms with Gasteiger partial charge in [-0.3, -0.25) is 4.79 Å². The quantitative estimate of drug-likeness (QED) is 0.937. The molecule has 1 aliphatic rings. The Balaban J connectivity index is 2.02. The lowest BCUT2D eigenvalue weighted by Crippen LogP contribution is -2.14. The monoisotopic (exact) mass is 287 g/mol. The summed E-state index contributed by atoms with van der Waals surface area (Å²) in [6.45, 7) is 2.46. The van der Waals surface area contributed by atoms with Crippen LogP contribution in [0, 0.1) is 6.92 Å². The predicted molar refractivity (Wildman–Crippen MR) is 80.3 cm³/mol. The van der Waals surface area contributed by atoms with E-state index >= 15 is 0 Å². The second-order valence-corrected chi connectivity index (χ2v) is 5.96. The van der Waals surface area contributed by atoms with Crippen LogP contribution in [0.25, 0.3) is 11.2 Å². The fraction of sp³-hybridized carbons (Fsp3) is 0.562. The number of hydrogen-bond acceptors (Lipinski definition) is 3. The highest BCUT2D eigenvalue weighted by atomic mass is 16.4. The van der Waals surface area contributed by atoms with E-state index in [0.29, 0.717) is 12.5 Å². The van der Waals surface area contributed by atoms with Crippen molar-refractivity contribution in [1.29, 1.82) is 0 Å². The number of pyridine rings is 1. The van der Waals surface area contributed by atoms with Crippen LogP contribution >= 0.6 is 0 Å². The highest BCUT2D eigenvalue weighted by Crippen LogP contribution is 2.33. The number of fused-ring (bicyclic) bond motifs is 1. The van der Waals surface area contributed by atoms with Crippen molar-refractivity contribution in [1.82, 2.24) is 14.5 Å². The Hall–Kier alpha value is -1.91. The van der Waals surface area contributed by atoms with Gasteiger partial charge >= 0.3 is 5.97 Å². The molecule has 1 fully saturated rings. The van der Waals surface area contributed by atoms with Crippen LogP contribution in [0.4, 0.5) is 0 Å². The summed E-state index contributed by atoms with van der Waals surface area (Å²) in [5.41, 5.74) is 2.80. The fourth-order valence-electron chi connectivity index (χ4n) is 3.23. The summed E-state index contributed by atoms with van der Waals surface area (Å²) in [6, 6.07) is 2.03. The van der Waals surface area contributed by atoms with E-state index in [0.717, 1.165) is 35.4 Å². The number of carbonyl (C=O) groups is 1. The van der Waals surface area contributed by atoms with Crippen LogP contribution in [-0.2, 0) is 11.3 Å². The SMILES string of the molecule is Cc1cnc2c(c1)nc(C1CCCCC1)n2CCC(=O)O. The number of aliphatic carboxylic acids is 1. The second kappa shape index (κ2) is 5.84. The van der Waals surface area contributed by atoms with Crippen molar-refractivity contribution in [2.45, 2.75) is 57.9 Å². The standard InChI is InChI=1S/C16H21N3O2/c1-11-9-13-16(17-10-11)19(8-7-14(20)21)15(18-13)12-5-3-2-4-6-12/h9-10,12H,2-8H2,1H3,(H,20,21).